The van der Waals surface area contributed by atoms with Crippen LogP contribution in [0.15, 0.2) is 60.7 Å². The first-order valence-corrected chi connectivity index (χ1v) is 18.2. The number of aromatic nitrogens is 4. The molecule has 0 unspecified atom stereocenters. The molecular weight excluding hydrogens is 661 g/mol. The highest BCUT2D eigenvalue weighted by Gasteiger charge is 2.36. The largest absolute Gasteiger partial charge is 0.444 e. The van der Waals surface area contributed by atoms with Gasteiger partial charge < -0.3 is 24.3 Å². The molecule has 11 nitrogen and oxygen atoms in total. The van der Waals surface area contributed by atoms with Crippen molar-refractivity contribution in [1.29, 1.82) is 0 Å². The zero-order chi connectivity index (χ0) is 36.8. The smallest absolute Gasteiger partial charge is 0.410 e. The maximum atomic E-state index is 14.0. The average Bonchev–Trinajstić information content (AvgIpc) is 3.88. The molecule has 0 bridgehead atoms. The predicted octanol–water partition coefficient (Wildman–Crippen LogP) is 8.93. The van der Waals surface area contributed by atoms with E-state index in [0.29, 0.717) is 26.2 Å². The van der Waals surface area contributed by atoms with Crippen molar-refractivity contribution in [2.24, 2.45) is 0 Å². The summed E-state index contributed by atoms with van der Waals surface area (Å²) in [5, 5.41) is 0. The Kier molecular flexibility index (Phi) is 9.35. The van der Waals surface area contributed by atoms with E-state index in [1.807, 2.05) is 53.7 Å². The van der Waals surface area contributed by atoms with E-state index in [0.717, 1.165) is 76.2 Å². The SMILES string of the molecule is CC(C)(C)OC(=O)N1CCC[C@H]1c1nc2ccc(CN(Cc3ccc4nc([C@@H]5CCCN5C(=O)OC(C)(C)C)[nH]c4c3)c3ccc(F)cc3)cc2[nH]1. The summed E-state index contributed by atoms with van der Waals surface area (Å²) < 4.78 is 25.4. The van der Waals surface area contributed by atoms with E-state index >= 15 is 0 Å². The van der Waals surface area contributed by atoms with Crippen LogP contribution in [0.25, 0.3) is 22.1 Å². The van der Waals surface area contributed by atoms with Crippen molar-refractivity contribution >= 4 is 39.9 Å². The molecule has 0 radical (unpaired) electrons. The zero-order valence-corrected chi connectivity index (χ0v) is 30.8. The van der Waals surface area contributed by atoms with Gasteiger partial charge in [-0.1, -0.05) is 12.1 Å². The van der Waals surface area contributed by atoms with Gasteiger partial charge in [0.2, 0.25) is 0 Å². The van der Waals surface area contributed by atoms with Crippen molar-refractivity contribution in [3.8, 4) is 0 Å². The topological polar surface area (TPSA) is 120 Å². The summed E-state index contributed by atoms with van der Waals surface area (Å²) in [6, 6.07) is 18.5. The zero-order valence-electron chi connectivity index (χ0n) is 30.8. The Labute approximate surface area is 303 Å². The third-order valence-electron chi connectivity index (χ3n) is 9.46. The first-order chi connectivity index (χ1) is 24.7. The third-order valence-corrected chi connectivity index (χ3v) is 9.46. The predicted molar refractivity (Wildman–Crippen MR) is 198 cm³/mol. The van der Waals surface area contributed by atoms with Crippen LogP contribution in [-0.4, -0.2) is 66.2 Å². The number of carbonyl (C=O) groups excluding carboxylic acids is 2. The molecule has 2 amide bonds. The van der Waals surface area contributed by atoms with Crippen LogP contribution in [-0.2, 0) is 22.6 Å². The number of benzene rings is 3. The molecule has 2 aliphatic heterocycles. The molecule has 2 aromatic heterocycles. The minimum atomic E-state index is -0.572. The normalized spacial score (nSPS) is 18.1. The van der Waals surface area contributed by atoms with Crippen LogP contribution >= 0.6 is 0 Å². The molecule has 2 atom stereocenters. The second kappa shape index (κ2) is 13.8. The Morgan fingerprint density at radius 3 is 1.60 bits per heavy atom. The Morgan fingerprint density at radius 1 is 0.731 bits per heavy atom. The average molecular weight is 710 g/mol. The molecule has 4 heterocycles. The van der Waals surface area contributed by atoms with Gasteiger partial charge in [0.25, 0.3) is 0 Å². The van der Waals surface area contributed by atoms with Crippen LogP contribution in [0.2, 0.25) is 0 Å². The van der Waals surface area contributed by atoms with Crippen molar-refractivity contribution in [2.75, 3.05) is 18.0 Å². The van der Waals surface area contributed by atoms with E-state index in [1.54, 1.807) is 21.9 Å². The molecule has 2 fully saturated rings. The van der Waals surface area contributed by atoms with Gasteiger partial charge in [0.05, 0.1) is 34.2 Å². The number of hydrogen-bond donors (Lipinski definition) is 2. The maximum absolute atomic E-state index is 14.0. The summed E-state index contributed by atoms with van der Waals surface area (Å²) in [5.74, 6) is 1.22. The maximum Gasteiger partial charge on any atom is 0.410 e. The number of carbonyl (C=O) groups is 2. The van der Waals surface area contributed by atoms with Gasteiger partial charge in [-0.25, -0.2) is 23.9 Å². The number of nitrogens with one attached hydrogen (secondary N) is 2. The summed E-state index contributed by atoms with van der Waals surface area (Å²) in [6.45, 7) is 13.6. The third kappa shape index (κ3) is 7.85. The molecule has 5 aromatic rings. The van der Waals surface area contributed by atoms with Crippen LogP contribution in [0.4, 0.5) is 19.7 Å². The monoisotopic (exact) mass is 709 g/mol. The Bertz CT molecular complexity index is 1950. The number of H-pyrrole nitrogens is 2. The van der Waals surface area contributed by atoms with Gasteiger partial charge in [-0.2, -0.15) is 0 Å². The number of anilines is 1. The Hall–Kier alpha value is -5.13. The molecule has 2 saturated heterocycles. The number of halogens is 1. The molecule has 3 aromatic carbocycles. The van der Waals surface area contributed by atoms with Crippen LogP contribution in [0, 0.1) is 5.82 Å². The molecule has 0 saturated carbocycles. The molecule has 52 heavy (non-hydrogen) atoms. The highest BCUT2D eigenvalue weighted by molar-refractivity contribution is 5.78. The van der Waals surface area contributed by atoms with Gasteiger partial charge in [-0.05, 0) is 127 Å². The minimum absolute atomic E-state index is 0.173. The van der Waals surface area contributed by atoms with Gasteiger partial charge in [0.1, 0.15) is 28.7 Å². The van der Waals surface area contributed by atoms with Crippen molar-refractivity contribution in [2.45, 2.75) is 104 Å². The molecule has 0 spiro atoms. The lowest BCUT2D eigenvalue weighted by molar-refractivity contribution is 0.0208. The number of amides is 2. The van der Waals surface area contributed by atoms with Crippen LogP contribution in [0.3, 0.4) is 0 Å². The van der Waals surface area contributed by atoms with Crippen LogP contribution in [0.5, 0.6) is 0 Å². The summed E-state index contributed by atoms with van der Waals surface area (Å²) in [5.41, 5.74) is 5.28. The van der Waals surface area contributed by atoms with Gasteiger partial charge in [0, 0.05) is 31.9 Å². The summed E-state index contributed by atoms with van der Waals surface area (Å²) >= 11 is 0. The molecular formula is C40H48FN7O4. The van der Waals surface area contributed by atoms with Crippen molar-refractivity contribution in [1.82, 2.24) is 29.7 Å². The number of aromatic amines is 2. The van der Waals surface area contributed by atoms with Crippen molar-refractivity contribution in [3.63, 3.8) is 0 Å². The summed E-state index contributed by atoms with van der Waals surface area (Å²) in [7, 11) is 0. The van der Waals surface area contributed by atoms with Gasteiger partial charge in [-0.3, -0.25) is 9.80 Å². The number of nitrogens with zero attached hydrogens (tertiary/aromatic N) is 5. The highest BCUT2D eigenvalue weighted by atomic mass is 19.1. The lowest BCUT2D eigenvalue weighted by atomic mass is 10.1. The quantitative estimate of drug-likeness (QED) is 0.173. The molecule has 7 rings (SSSR count). The standard InChI is InChI=1S/C40H48FN7O4/c1-39(2,3)51-37(49)47-19-7-9-33(47)35-42-29-17-11-25(21-31(29)44-35)23-46(28-15-13-27(41)14-16-28)24-26-12-18-30-32(22-26)45-36(43-30)34-10-8-20-48(34)38(50)52-40(4,5)6/h11-18,21-22,33-34H,7-10,19-20,23-24H2,1-6H3,(H,42,44)(H,43,45)/t33-,34-/m0/s1. The van der Waals surface area contributed by atoms with Crippen LogP contribution in [0.1, 0.15) is 102 Å². The fourth-order valence-corrected chi connectivity index (χ4v) is 7.18. The van der Waals surface area contributed by atoms with E-state index in [4.69, 9.17) is 19.4 Å². The lowest BCUT2D eigenvalue weighted by Gasteiger charge is -2.27. The van der Waals surface area contributed by atoms with E-state index in [-0.39, 0.29) is 30.1 Å². The number of likely N-dealkylation sites (tertiary alicyclic amines) is 2. The number of imidazole rings is 2. The fourth-order valence-electron chi connectivity index (χ4n) is 7.18. The van der Waals surface area contributed by atoms with E-state index < -0.39 is 11.2 Å². The molecule has 12 heteroatoms. The fraction of sp³-hybridized carbons (Fsp3) is 0.450. The van der Waals surface area contributed by atoms with Gasteiger partial charge in [0.15, 0.2) is 0 Å². The van der Waals surface area contributed by atoms with Gasteiger partial charge in [-0.15, -0.1) is 0 Å². The number of rotatable bonds is 7. The number of ether oxygens (including phenoxy) is 2. The first kappa shape index (κ1) is 35.3. The van der Waals surface area contributed by atoms with Crippen molar-refractivity contribution < 1.29 is 23.5 Å². The molecule has 274 valence electrons. The van der Waals surface area contributed by atoms with E-state index in [2.05, 4.69) is 39.1 Å². The molecule has 0 aliphatic carbocycles. The lowest BCUT2D eigenvalue weighted by Crippen LogP contribution is -2.36. The van der Waals surface area contributed by atoms with Crippen LogP contribution < -0.4 is 4.90 Å². The Balaban J connectivity index is 1.11. The second-order valence-corrected chi connectivity index (χ2v) is 15.9. The minimum Gasteiger partial charge on any atom is -0.444 e. The summed E-state index contributed by atoms with van der Waals surface area (Å²) in [4.78, 5) is 48.4. The first-order valence-electron chi connectivity index (χ1n) is 18.2. The van der Waals surface area contributed by atoms with Crippen molar-refractivity contribution in [3.05, 3.63) is 89.3 Å². The Morgan fingerprint density at radius 2 is 1.17 bits per heavy atom. The number of fused-ring (bicyclic) bond motifs is 2. The highest BCUT2D eigenvalue weighted by Crippen LogP contribution is 2.35. The molecule has 2 aliphatic rings. The number of hydrogen-bond acceptors (Lipinski definition) is 7. The van der Waals surface area contributed by atoms with E-state index in [9.17, 15) is 14.0 Å². The summed E-state index contributed by atoms with van der Waals surface area (Å²) in [6.07, 6.45) is 2.75. The van der Waals surface area contributed by atoms with Gasteiger partial charge >= 0.3 is 12.2 Å². The molecule has 2 N–H and O–H groups in total. The second-order valence-electron chi connectivity index (χ2n) is 15.9. The van der Waals surface area contributed by atoms with E-state index in [1.165, 1.54) is 12.1 Å².